The summed E-state index contributed by atoms with van der Waals surface area (Å²) in [4.78, 5) is 8.27. The van der Waals surface area contributed by atoms with Gasteiger partial charge < -0.3 is 5.32 Å². The van der Waals surface area contributed by atoms with Gasteiger partial charge in [0.25, 0.3) is 0 Å². The third kappa shape index (κ3) is 2.18. The van der Waals surface area contributed by atoms with Crippen molar-refractivity contribution in [3.63, 3.8) is 0 Å². The second-order valence-corrected chi connectivity index (χ2v) is 3.05. The van der Waals surface area contributed by atoms with Gasteiger partial charge in [0.05, 0.1) is 19.4 Å². The van der Waals surface area contributed by atoms with Crippen LogP contribution >= 0.6 is 22.6 Å². The quantitative estimate of drug-likeness (QED) is 0.737. The van der Waals surface area contributed by atoms with Crippen LogP contribution in [0.25, 0.3) is 0 Å². The van der Waals surface area contributed by atoms with E-state index in [9.17, 15) is 0 Å². The number of halogens is 1. The summed E-state index contributed by atoms with van der Waals surface area (Å²) < 4.78 is 0.942. The third-order valence-electron chi connectivity index (χ3n) is 1.09. The van der Waals surface area contributed by atoms with Gasteiger partial charge in [0.2, 0.25) is 0 Å². The van der Waals surface area contributed by atoms with Gasteiger partial charge in [0.15, 0.2) is 0 Å². The summed E-state index contributed by atoms with van der Waals surface area (Å²) in [5.41, 5.74) is 1.03. The zero-order chi connectivity index (χ0) is 7.40. The number of rotatable bonds is 2. The molecule has 3 nitrogen and oxygen atoms in total. The molecule has 54 valence electrons. The Kier molecular flexibility index (Phi) is 3.01. The van der Waals surface area contributed by atoms with Crippen LogP contribution in [-0.2, 0) is 6.54 Å². The van der Waals surface area contributed by atoms with Crippen molar-refractivity contribution in [1.82, 2.24) is 9.97 Å². The molecule has 0 aliphatic rings. The monoisotopic (exact) mass is 250 g/mol. The standard InChI is InChI=1S/C6H8IN3/c1-8-2-5-3-10-6(7)4-9-5/h3-4,8H,2H2,1H3/p+1. The van der Waals surface area contributed by atoms with Crippen LogP contribution in [0.2, 0.25) is 0 Å². The Hall–Kier alpha value is -0.230. The second-order valence-electron chi connectivity index (χ2n) is 1.94. The van der Waals surface area contributed by atoms with Gasteiger partial charge in [-0.25, -0.2) is 4.98 Å². The first-order valence-electron chi connectivity index (χ1n) is 3.07. The van der Waals surface area contributed by atoms with Crippen molar-refractivity contribution in [2.24, 2.45) is 0 Å². The molecule has 1 aromatic heterocycles. The van der Waals surface area contributed by atoms with E-state index in [1.165, 1.54) is 0 Å². The van der Waals surface area contributed by atoms with Gasteiger partial charge in [-0.1, -0.05) is 0 Å². The minimum Gasteiger partial charge on any atom is -0.344 e. The van der Waals surface area contributed by atoms with Crippen molar-refractivity contribution >= 4 is 22.6 Å². The molecule has 0 unspecified atom stereocenters. The van der Waals surface area contributed by atoms with E-state index in [1.807, 2.05) is 13.2 Å². The van der Waals surface area contributed by atoms with Gasteiger partial charge in [-0.3, -0.25) is 4.98 Å². The first-order chi connectivity index (χ1) is 4.83. The molecule has 0 radical (unpaired) electrons. The second kappa shape index (κ2) is 3.82. The highest BCUT2D eigenvalue weighted by atomic mass is 127. The van der Waals surface area contributed by atoms with Crippen LogP contribution in [0.15, 0.2) is 12.4 Å². The lowest BCUT2D eigenvalue weighted by Crippen LogP contribution is -2.77. The number of quaternary nitrogens is 1. The third-order valence-corrected chi connectivity index (χ3v) is 1.64. The average molecular weight is 250 g/mol. The van der Waals surface area contributed by atoms with E-state index in [0.717, 1.165) is 15.9 Å². The van der Waals surface area contributed by atoms with Crippen LogP contribution in [0.1, 0.15) is 5.69 Å². The lowest BCUT2D eigenvalue weighted by Gasteiger charge is -1.93. The number of nitrogens with two attached hydrogens (primary N) is 1. The Labute approximate surface area is 73.4 Å². The fraction of sp³-hybridized carbons (Fsp3) is 0.333. The molecule has 1 rings (SSSR count). The normalized spacial score (nSPS) is 9.80. The molecule has 0 saturated heterocycles. The van der Waals surface area contributed by atoms with Crippen molar-refractivity contribution in [3.8, 4) is 0 Å². The number of hydrogen-bond acceptors (Lipinski definition) is 2. The van der Waals surface area contributed by atoms with Gasteiger partial charge in [-0.15, -0.1) is 0 Å². The molecule has 4 heteroatoms. The van der Waals surface area contributed by atoms with Crippen LogP contribution in [0.4, 0.5) is 0 Å². The Morgan fingerprint density at radius 1 is 1.50 bits per heavy atom. The van der Waals surface area contributed by atoms with E-state index in [1.54, 1.807) is 6.20 Å². The highest BCUT2D eigenvalue weighted by Crippen LogP contribution is 1.96. The Morgan fingerprint density at radius 2 is 2.30 bits per heavy atom. The highest BCUT2D eigenvalue weighted by molar-refractivity contribution is 14.1. The van der Waals surface area contributed by atoms with Crippen LogP contribution in [0.3, 0.4) is 0 Å². The lowest BCUT2D eigenvalue weighted by molar-refractivity contribution is -0.643. The molecule has 2 N–H and O–H groups in total. The summed E-state index contributed by atoms with van der Waals surface area (Å²) in [5, 5.41) is 2.07. The summed E-state index contributed by atoms with van der Waals surface area (Å²) in [5.74, 6) is 0. The SMILES string of the molecule is C[NH2+]Cc1cnc(I)cn1. The molecule has 10 heavy (non-hydrogen) atoms. The van der Waals surface area contributed by atoms with Crippen LogP contribution < -0.4 is 5.32 Å². The molecule has 0 bridgehead atoms. The van der Waals surface area contributed by atoms with Crippen LogP contribution in [0.5, 0.6) is 0 Å². The van der Waals surface area contributed by atoms with Gasteiger partial charge in [0.1, 0.15) is 15.9 Å². The summed E-state index contributed by atoms with van der Waals surface area (Å²) >= 11 is 2.14. The van der Waals surface area contributed by atoms with Gasteiger partial charge in [-0.2, -0.15) is 0 Å². The zero-order valence-corrected chi connectivity index (χ0v) is 7.87. The van der Waals surface area contributed by atoms with Gasteiger partial charge >= 0.3 is 0 Å². The largest absolute Gasteiger partial charge is 0.344 e. The Bertz CT molecular complexity index is 197. The molecule has 0 fully saturated rings. The first-order valence-corrected chi connectivity index (χ1v) is 4.15. The summed E-state index contributed by atoms with van der Waals surface area (Å²) in [6, 6.07) is 0. The van der Waals surface area contributed by atoms with Crippen LogP contribution in [-0.4, -0.2) is 17.0 Å². The van der Waals surface area contributed by atoms with Gasteiger partial charge in [0, 0.05) is 0 Å². The van der Waals surface area contributed by atoms with E-state index in [2.05, 4.69) is 37.9 Å². The minimum absolute atomic E-state index is 0.907. The topological polar surface area (TPSA) is 42.4 Å². The average Bonchev–Trinajstić information content (AvgIpc) is 1.95. The minimum atomic E-state index is 0.907. The van der Waals surface area contributed by atoms with Crippen molar-refractivity contribution in [3.05, 3.63) is 21.8 Å². The fourth-order valence-corrected chi connectivity index (χ4v) is 0.932. The van der Waals surface area contributed by atoms with Crippen molar-refractivity contribution in [1.29, 1.82) is 0 Å². The van der Waals surface area contributed by atoms with E-state index in [0.29, 0.717) is 0 Å². The lowest BCUT2D eigenvalue weighted by atomic mass is 10.4. The predicted molar refractivity (Wildman–Crippen MR) is 46.3 cm³/mol. The van der Waals surface area contributed by atoms with E-state index in [4.69, 9.17) is 0 Å². The molecular formula is C6H9IN3+. The molecule has 0 saturated carbocycles. The summed E-state index contributed by atoms with van der Waals surface area (Å²) in [7, 11) is 2.01. The molecule has 1 aromatic rings. The van der Waals surface area contributed by atoms with E-state index < -0.39 is 0 Å². The molecule has 0 amide bonds. The smallest absolute Gasteiger partial charge is 0.120 e. The zero-order valence-electron chi connectivity index (χ0n) is 5.71. The van der Waals surface area contributed by atoms with E-state index in [-0.39, 0.29) is 0 Å². The number of aromatic nitrogens is 2. The van der Waals surface area contributed by atoms with E-state index >= 15 is 0 Å². The molecule has 0 atom stereocenters. The number of nitrogens with zero attached hydrogens (tertiary/aromatic N) is 2. The molecule has 0 aromatic carbocycles. The molecular weight excluding hydrogens is 241 g/mol. The Balaban J connectivity index is 2.69. The summed E-state index contributed by atoms with van der Waals surface area (Å²) in [6.45, 7) is 0.907. The number of hydrogen-bond donors (Lipinski definition) is 1. The molecule has 0 aliphatic carbocycles. The Morgan fingerprint density at radius 3 is 2.80 bits per heavy atom. The van der Waals surface area contributed by atoms with Crippen molar-refractivity contribution in [2.45, 2.75) is 6.54 Å². The highest BCUT2D eigenvalue weighted by Gasteiger charge is 1.93. The maximum Gasteiger partial charge on any atom is 0.120 e. The van der Waals surface area contributed by atoms with Crippen molar-refractivity contribution in [2.75, 3.05) is 7.05 Å². The van der Waals surface area contributed by atoms with Crippen LogP contribution in [0, 0.1) is 3.70 Å². The van der Waals surface area contributed by atoms with Crippen molar-refractivity contribution < 1.29 is 5.32 Å². The molecule has 0 spiro atoms. The first kappa shape index (κ1) is 7.87. The maximum absolute atomic E-state index is 4.17. The summed E-state index contributed by atoms with van der Waals surface area (Å²) in [6.07, 6.45) is 3.58. The maximum atomic E-state index is 4.17. The molecule has 0 aliphatic heterocycles. The fourth-order valence-electron chi connectivity index (χ4n) is 0.654. The van der Waals surface area contributed by atoms with Gasteiger partial charge in [-0.05, 0) is 22.6 Å². The molecule has 1 heterocycles. The predicted octanol–water partition coefficient (Wildman–Crippen LogP) is -0.226.